The van der Waals surface area contributed by atoms with Crippen molar-refractivity contribution in [1.29, 1.82) is 0 Å². The van der Waals surface area contributed by atoms with Crippen molar-refractivity contribution < 1.29 is 14.3 Å². The Hall–Kier alpha value is -2.04. The summed E-state index contributed by atoms with van der Waals surface area (Å²) in [6, 6.07) is 17.0. The van der Waals surface area contributed by atoms with Crippen LogP contribution in [0.3, 0.4) is 0 Å². The average Bonchev–Trinajstić information content (AvgIpc) is 2.62. The van der Waals surface area contributed by atoms with Crippen LogP contribution in [-0.2, 0) is 16.0 Å². The van der Waals surface area contributed by atoms with E-state index in [1.165, 1.54) is 7.11 Å². The van der Waals surface area contributed by atoms with E-state index in [0.717, 1.165) is 10.6 Å². The number of carbonyl (C=O) groups excluding carboxylic acids is 1. The molecule has 0 spiro atoms. The molecule has 0 aromatic heterocycles. The first kappa shape index (κ1) is 18.3. The predicted octanol–water partition coefficient (Wildman–Crippen LogP) is 3.48. The zero-order valence-corrected chi connectivity index (χ0v) is 14.7. The van der Waals surface area contributed by atoms with Crippen LogP contribution in [0.1, 0.15) is 12.5 Å². The largest absolute Gasteiger partial charge is 0.491 e. The standard InChI is InChI=1S/C19H22ClNO3/c1-19(18(22)23-2,14-24-16-9-4-3-5-10-16)21-13-12-15-8-6-7-11-17(15)20/h3-11,21H,12-14H2,1-2H3. The maximum Gasteiger partial charge on any atom is 0.329 e. The summed E-state index contributed by atoms with van der Waals surface area (Å²) < 4.78 is 10.7. The van der Waals surface area contributed by atoms with Gasteiger partial charge in [0.1, 0.15) is 17.9 Å². The highest BCUT2D eigenvalue weighted by Gasteiger charge is 2.35. The summed E-state index contributed by atoms with van der Waals surface area (Å²) in [5.74, 6) is 0.345. The number of nitrogens with one attached hydrogen (secondary N) is 1. The van der Waals surface area contributed by atoms with Gasteiger partial charge in [-0.3, -0.25) is 5.32 Å². The maximum atomic E-state index is 12.2. The van der Waals surface area contributed by atoms with Crippen LogP contribution in [0.4, 0.5) is 0 Å². The molecule has 1 atom stereocenters. The van der Waals surface area contributed by atoms with Gasteiger partial charge in [-0.1, -0.05) is 48.0 Å². The second-order valence-corrected chi connectivity index (χ2v) is 6.10. The first-order valence-electron chi connectivity index (χ1n) is 7.80. The lowest BCUT2D eigenvalue weighted by Crippen LogP contribution is -2.55. The predicted molar refractivity (Wildman–Crippen MR) is 95.5 cm³/mol. The van der Waals surface area contributed by atoms with Crippen molar-refractivity contribution in [3.05, 3.63) is 65.2 Å². The molecule has 1 unspecified atom stereocenters. The molecule has 4 nitrogen and oxygen atoms in total. The third kappa shape index (κ3) is 4.98. The summed E-state index contributed by atoms with van der Waals surface area (Å²) in [6.07, 6.45) is 0.706. The van der Waals surface area contributed by atoms with Crippen LogP contribution in [0.5, 0.6) is 5.75 Å². The van der Waals surface area contributed by atoms with Crippen molar-refractivity contribution >= 4 is 17.6 Å². The quantitative estimate of drug-likeness (QED) is 0.743. The molecule has 24 heavy (non-hydrogen) atoms. The number of benzene rings is 2. The van der Waals surface area contributed by atoms with Gasteiger partial charge in [-0.25, -0.2) is 4.79 Å². The van der Waals surface area contributed by atoms with E-state index in [0.29, 0.717) is 18.7 Å². The van der Waals surface area contributed by atoms with Gasteiger partial charge in [0.15, 0.2) is 0 Å². The Morgan fingerprint density at radius 2 is 1.79 bits per heavy atom. The van der Waals surface area contributed by atoms with Gasteiger partial charge in [-0.2, -0.15) is 0 Å². The average molecular weight is 348 g/mol. The summed E-state index contributed by atoms with van der Waals surface area (Å²) in [5.41, 5.74) is 0.0918. The van der Waals surface area contributed by atoms with Gasteiger partial charge in [0.2, 0.25) is 0 Å². The van der Waals surface area contributed by atoms with Gasteiger partial charge in [0.05, 0.1) is 7.11 Å². The fraction of sp³-hybridized carbons (Fsp3) is 0.316. The third-order valence-electron chi connectivity index (χ3n) is 3.77. The van der Waals surface area contributed by atoms with Crippen molar-refractivity contribution in [3.63, 3.8) is 0 Å². The highest BCUT2D eigenvalue weighted by atomic mass is 35.5. The molecule has 0 heterocycles. The fourth-order valence-electron chi connectivity index (χ4n) is 2.33. The third-order valence-corrected chi connectivity index (χ3v) is 4.14. The van der Waals surface area contributed by atoms with E-state index in [1.54, 1.807) is 6.92 Å². The van der Waals surface area contributed by atoms with Crippen molar-refractivity contribution in [2.24, 2.45) is 0 Å². The second-order valence-electron chi connectivity index (χ2n) is 5.69. The topological polar surface area (TPSA) is 47.6 Å². The zero-order chi connectivity index (χ0) is 17.4. The number of ether oxygens (including phenoxy) is 2. The van der Waals surface area contributed by atoms with E-state index < -0.39 is 5.54 Å². The number of rotatable bonds is 8. The first-order valence-corrected chi connectivity index (χ1v) is 8.17. The van der Waals surface area contributed by atoms with Gasteiger partial charge in [-0.05, 0) is 37.1 Å². The number of carbonyl (C=O) groups is 1. The van der Waals surface area contributed by atoms with E-state index in [4.69, 9.17) is 21.1 Å². The highest BCUT2D eigenvalue weighted by molar-refractivity contribution is 6.31. The summed E-state index contributed by atoms with van der Waals surface area (Å²) in [5, 5.41) is 3.96. The van der Waals surface area contributed by atoms with Gasteiger partial charge in [0.25, 0.3) is 0 Å². The fourth-order valence-corrected chi connectivity index (χ4v) is 2.56. The molecular formula is C19H22ClNO3. The summed E-state index contributed by atoms with van der Waals surface area (Å²) in [4.78, 5) is 12.2. The van der Waals surface area contributed by atoms with Crippen LogP contribution in [0.15, 0.2) is 54.6 Å². The van der Waals surface area contributed by atoms with Gasteiger partial charge in [0, 0.05) is 11.6 Å². The molecule has 0 saturated carbocycles. The molecule has 0 fully saturated rings. The molecule has 0 aliphatic carbocycles. The maximum absolute atomic E-state index is 12.2. The molecule has 0 saturated heterocycles. The molecule has 2 aromatic carbocycles. The molecule has 1 N–H and O–H groups in total. The summed E-state index contributed by atoms with van der Waals surface area (Å²) in [7, 11) is 1.37. The number of methoxy groups -OCH3 is 1. The van der Waals surface area contributed by atoms with E-state index in [2.05, 4.69) is 5.32 Å². The van der Waals surface area contributed by atoms with E-state index in [9.17, 15) is 4.79 Å². The molecule has 0 radical (unpaired) electrons. The van der Waals surface area contributed by atoms with Gasteiger partial charge < -0.3 is 9.47 Å². The minimum atomic E-state index is -0.939. The van der Waals surface area contributed by atoms with E-state index in [-0.39, 0.29) is 12.6 Å². The molecule has 128 valence electrons. The Labute approximate surface area is 147 Å². The first-order chi connectivity index (χ1) is 11.5. The number of para-hydroxylation sites is 1. The van der Waals surface area contributed by atoms with Crippen LogP contribution < -0.4 is 10.1 Å². The van der Waals surface area contributed by atoms with Crippen LogP contribution in [0, 0.1) is 0 Å². The number of hydrogen-bond donors (Lipinski definition) is 1. The SMILES string of the molecule is COC(=O)C(C)(COc1ccccc1)NCCc1ccccc1Cl. The second kappa shape index (κ2) is 8.71. The molecule has 0 bridgehead atoms. The number of hydrogen-bond acceptors (Lipinski definition) is 4. The molecule has 0 aliphatic rings. The van der Waals surface area contributed by atoms with Crippen molar-refractivity contribution in [3.8, 4) is 5.75 Å². The Balaban J connectivity index is 1.96. The molecular weight excluding hydrogens is 326 g/mol. The Morgan fingerprint density at radius 3 is 2.46 bits per heavy atom. The molecule has 2 rings (SSSR count). The molecule has 5 heteroatoms. The van der Waals surface area contributed by atoms with E-state index >= 15 is 0 Å². The minimum Gasteiger partial charge on any atom is -0.491 e. The minimum absolute atomic E-state index is 0.173. The summed E-state index contributed by atoms with van der Waals surface area (Å²) in [6.45, 7) is 2.52. The lowest BCUT2D eigenvalue weighted by atomic mass is 10.0. The number of halogens is 1. The lowest BCUT2D eigenvalue weighted by Gasteiger charge is -2.28. The van der Waals surface area contributed by atoms with Gasteiger partial charge >= 0.3 is 5.97 Å². The highest BCUT2D eigenvalue weighted by Crippen LogP contribution is 2.17. The van der Waals surface area contributed by atoms with Crippen LogP contribution in [0.25, 0.3) is 0 Å². The Bertz CT molecular complexity index is 663. The van der Waals surface area contributed by atoms with Crippen LogP contribution in [-0.4, -0.2) is 31.8 Å². The Morgan fingerprint density at radius 1 is 1.12 bits per heavy atom. The van der Waals surface area contributed by atoms with Crippen molar-refractivity contribution in [2.45, 2.75) is 18.9 Å². The van der Waals surface area contributed by atoms with E-state index in [1.807, 2.05) is 54.6 Å². The van der Waals surface area contributed by atoms with Crippen molar-refractivity contribution in [1.82, 2.24) is 5.32 Å². The molecule has 2 aromatic rings. The number of esters is 1. The summed E-state index contributed by atoms with van der Waals surface area (Å²) >= 11 is 6.16. The van der Waals surface area contributed by atoms with Crippen LogP contribution in [0.2, 0.25) is 5.02 Å². The smallest absolute Gasteiger partial charge is 0.329 e. The monoisotopic (exact) mass is 347 g/mol. The Kier molecular flexibility index (Phi) is 6.64. The van der Waals surface area contributed by atoms with Crippen molar-refractivity contribution in [2.75, 3.05) is 20.3 Å². The zero-order valence-electron chi connectivity index (χ0n) is 13.9. The van der Waals surface area contributed by atoms with Crippen LogP contribution >= 0.6 is 11.6 Å². The van der Waals surface area contributed by atoms with Gasteiger partial charge in [-0.15, -0.1) is 0 Å². The lowest BCUT2D eigenvalue weighted by molar-refractivity contribution is -0.149. The normalized spacial score (nSPS) is 13.1. The molecule has 0 aliphatic heterocycles. The molecule has 0 amide bonds.